The van der Waals surface area contributed by atoms with Crippen molar-refractivity contribution in [3.05, 3.63) is 24.4 Å². The molecule has 0 saturated heterocycles. The first kappa shape index (κ1) is 16.9. The number of hydrogen-bond donors (Lipinski definition) is 0. The molecule has 1 unspecified atom stereocenters. The summed E-state index contributed by atoms with van der Waals surface area (Å²) in [6.07, 6.45) is 3.33. The van der Waals surface area contributed by atoms with Crippen LogP contribution in [-0.4, -0.2) is 26.6 Å². The van der Waals surface area contributed by atoms with E-state index < -0.39 is 8.38 Å². The summed E-state index contributed by atoms with van der Waals surface area (Å²) in [4.78, 5) is 3.63. The van der Waals surface area contributed by atoms with Gasteiger partial charge in [-0.2, -0.15) is 0 Å². The molecule has 0 aromatic carbocycles. The highest BCUT2D eigenvalue weighted by molar-refractivity contribution is 7.46. The van der Waals surface area contributed by atoms with Gasteiger partial charge < -0.3 is 9.05 Å². The summed E-state index contributed by atoms with van der Waals surface area (Å²) in [6.45, 7) is 16.0. The van der Waals surface area contributed by atoms with Crippen LogP contribution in [-0.2, 0) is 9.05 Å². The SMILES string of the molecule is C=C/C(=C\N=C)COP(C)OCC.CC. The van der Waals surface area contributed by atoms with E-state index in [2.05, 4.69) is 18.3 Å². The third-order valence-corrected chi connectivity index (χ3v) is 2.36. The number of rotatable bonds is 7. The first-order valence-electron chi connectivity index (χ1n) is 5.01. The average molecular weight is 231 g/mol. The van der Waals surface area contributed by atoms with E-state index in [0.717, 1.165) is 5.57 Å². The van der Waals surface area contributed by atoms with Gasteiger partial charge in [0.05, 0.1) is 13.2 Å². The molecule has 0 heterocycles. The maximum Gasteiger partial charge on any atom is 0.167 e. The Balaban J connectivity index is 0. The Morgan fingerprint density at radius 2 is 2.00 bits per heavy atom. The van der Waals surface area contributed by atoms with Gasteiger partial charge in [0.2, 0.25) is 0 Å². The second kappa shape index (κ2) is 13.5. The molecule has 0 aliphatic carbocycles. The van der Waals surface area contributed by atoms with E-state index in [-0.39, 0.29) is 0 Å². The lowest BCUT2D eigenvalue weighted by molar-refractivity contribution is 0.280. The fourth-order valence-electron chi connectivity index (χ4n) is 0.651. The van der Waals surface area contributed by atoms with Gasteiger partial charge in [-0.1, -0.05) is 26.5 Å². The molecule has 0 aromatic heterocycles. The van der Waals surface area contributed by atoms with Crippen molar-refractivity contribution in [3.8, 4) is 0 Å². The second-order valence-electron chi connectivity index (χ2n) is 2.22. The van der Waals surface area contributed by atoms with Crippen LogP contribution in [0.25, 0.3) is 0 Å². The van der Waals surface area contributed by atoms with Crippen LogP contribution in [0, 0.1) is 0 Å². The van der Waals surface area contributed by atoms with E-state index in [4.69, 9.17) is 9.05 Å². The Bertz CT molecular complexity index is 193. The van der Waals surface area contributed by atoms with E-state index in [9.17, 15) is 0 Å². The molecule has 0 aliphatic heterocycles. The van der Waals surface area contributed by atoms with Crippen LogP contribution in [0.4, 0.5) is 0 Å². The summed E-state index contributed by atoms with van der Waals surface area (Å²) >= 11 is 0. The molecule has 88 valence electrons. The smallest absolute Gasteiger partial charge is 0.167 e. The fourth-order valence-corrected chi connectivity index (χ4v) is 1.42. The molecule has 0 spiro atoms. The van der Waals surface area contributed by atoms with Crippen LogP contribution in [0.1, 0.15) is 20.8 Å². The lowest BCUT2D eigenvalue weighted by Crippen LogP contribution is -1.94. The molecule has 0 aromatic rings. The van der Waals surface area contributed by atoms with Gasteiger partial charge in [0, 0.05) is 12.9 Å². The van der Waals surface area contributed by atoms with Crippen LogP contribution >= 0.6 is 8.38 Å². The van der Waals surface area contributed by atoms with Gasteiger partial charge in [0.1, 0.15) is 0 Å². The molecular weight excluding hydrogens is 209 g/mol. The minimum Gasteiger partial charge on any atom is -0.335 e. The zero-order valence-electron chi connectivity index (χ0n) is 10.2. The lowest BCUT2D eigenvalue weighted by atomic mass is 10.3. The highest BCUT2D eigenvalue weighted by Gasteiger charge is 2.01. The summed E-state index contributed by atoms with van der Waals surface area (Å²) in [5.74, 6) is 0. The van der Waals surface area contributed by atoms with E-state index >= 15 is 0 Å². The third kappa shape index (κ3) is 11.4. The lowest BCUT2D eigenvalue weighted by Gasteiger charge is -2.11. The molecule has 0 N–H and O–H groups in total. The van der Waals surface area contributed by atoms with Crippen molar-refractivity contribution in [2.45, 2.75) is 20.8 Å². The van der Waals surface area contributed by atoms with Crippen molar-refractivity contribution < 1.29 is 9.05 Å². The summed E-state index contributed by atoms with van der Waals surface area (Å²) in [5, 5.41) is 0. The zero-order valence-corrected chi connectivity index (χ0v) is 11.1. The van der Waals surface area contributed by atoms with Crippen LogP contribution < -0.4 is 0 Å². The standard InChI is InChI=1S/C9H16NO2P.C2H6/c1-5-9(7-10-3)8-12-13(4)11-6-2;1-2/h5,7H,1,3,6,8H2,2,4H3;1-2H3/b9-7+;. The Labute approximate surface area is 94.8 Å². The fraction of sp³-hybridized carbons (Fsp3) is 0.545. The first-order chi connectivity index (χ1) is 7.24. The van der Waals surface area contributed by atoms with Crippen LogP contribution in [0.15, 0.2) is 29.4 Å². The predicted molar refractivity (Wildman–Crippen MR) is 69.6 cm³/mol. The molecular formula is C11H22NO2P. The third-order valence-electron chi connectivity index (χ3n) is 1.24. The minimum absolute atomic E-state index is 0.477. The zero-order chi connectivity index (χ0) is 12.1. The van der Waals surface area contributed by atoms with Crippen LogP contribution in [0.2, 0.25) is 0 Å². The summed E-state index contributed by atoms with van der Waals surface area (Å²) in [5.41, 5.74) is 0.907. The van der Waals surface area contributed by atoms with Gasteiger partial charge in [-0.25, -0.2) is 0 Å². The van der Waals surface area contributed by atoms with Gasteiger partial charge in [-0.15, -0.1) is 0 Å². The molecule has 0 rings (SSSR count). The van der Waals surface area contributed by atoms with E-state index in [1.165, 1.54) is 0 Å². The molecule has 15 heavy (non-hydrogen) atoms. The van der Waals surface area contributed by atoms with E-state index in [1.54, 1.807) is 12.3 Å². The van der Waals surface area contributed by atoms with Crippen molar-refractivity contribution in [2.75, 3.05) is 19.9 Å². The van der Waals surface area contributed by atoms with E-state index in [0.29, 0.717) is 13.2 Å². The molecule has 0 aliphatic rings. The predicted octanol–water partition coefficient (Wildman–Crippen LogP) is 3.78. The molecule has 0 bridgehead atoms. The highest BCUT2D eigenvalue weighted by Crippen LogP contribution is 2.33. The van der Waals surface area contributed by atoms with Crippen molar-refractivity contribution in [3.63, 3.8) is 0 Å². The Morgan fingerprint density at radius 1 is 1.40 bits per heavy atom. The Kier molecular flexibility index (Phi) is 15.2. The number of hydrogen-bond acceptors (Lipinski definition) is 3. The first-order valence-corrected chi connectivity index (χ1v) is 6.64. The normalized spacial score (nSPS) is 12.4. The van der Waals surface area contributed by atoms with Crippen molar-refractivity contribution >= 4 is 15.1 Å². The van der Waals surface area contributed by atoms with Gasteiger partial charge in [0.15, 0.2) is 8.38 Å². The molecule has 1 atom stereocenters. The van der Waals surface area contributed by atoms with Crippen LogP contribution in [0.3, 0.4) is 0 Å². The summed E-state index contributed by atoms with van der Waals surface area (Å²) < 4.78 is 10.7. The van der Waals surface area contributed by atoms with Crippen LogP contribution in [0.5, 0.6) is 0 Å². The molecule has 0 amide bonds. The van der Waals surface area contributed by atoms with Gasteiger partial charge in [0.25, 0.3) is 0 Å². The molecule has 0 fully saturated rings. The summed E-state index contributed by atoms with van der Waals surface area (Å²) in [7, 11) is -0.780. The quantitative estimate of drug-likeness (QED) is 0.379. The minimum atomic E-state index is -0.780. The van der Waals surface area contributed by atoms with Gasteiger partial charge in [-0.3, -0.25) is 4.99 Å². The Morgan fingerprint density at radius 3 is 2.40 bits per heavy atom. The average Bonchev–Trinajstić information content (AvgIpc) is 2.27. The molecule has 3 nitrogen and oxygen atoms in total. The van der Waals surface area contributed by atoms with Crippen molar-refractivity contribution in [2.24, 2.45) is 4.99 Å². The van der Waals surface area contributed by atoms with Gasteiger partial charge in [-0.05, 0) is 19.2 Å². The molecule has 0 saturated carbocycles. The van der Waals surface area contributed by atoms with Gasteiger partial charge >= 0.3 is 0 Å². The summed E-state index contributed by atoms with van der Waals surface area (Å²) in [6, 6.07) is 0. The highest BCUT2D eigenvalue weighted by atomic mass is 31.2. The number of aliphatic imine (C=N–C) groups is 1. The maximum absolute atomic E-state index is 5.40. The molecule has 0 radical (unpaired) electrons. The molecule has 4 heteroatoms. The monoisotopic (exact) mass is 231 g/mol. The topological polar surface area (TPSA) is 30.8 Å². The number of nitrogens with zero attached hydrogens (tertiary/aromatic N) is 1. The largest absolute Gasteiger partial charge is 0.335 e. The Hall–Kier alpha value is -0.500. The van der Waals surface area contributed by atoms with E-state index in [1.807, 2.05) is 27.4 Å². The maximum atomic E-state index is 5.40. The second-order valence-corrected chi connectivity index (χ2v) is 3.62. The van der Waals surface area contributed by atoms with Crippen molar-refractivity contribution in [1.82, 2.24) is 0 Å². The van der Waals surface area contributed by atoms with Crippen molar-refractivity contribution in [1.29, 1.82) is 0 Å².